The number of halogens is 1. The molecule has 0 saturated carbocycles. The van der Waals surface area contributed by atoms with E-state index in [0.29, 0.717) is 29.3 Å². The maximum atomic E-state index is 11.6. The SMILES string of the molecule is CC(C)Oc1cc(C(=O)CCN)ccc1Cl. The Hall–Kier alpha value is -1.06. The molecule has 1 rings (SSSR count). The van der Waals surface area contributed by atoms with E-state index in [1.165, 1.54) is 0 Å². The summed E-state index contributed by atoms with van der Waals surface area (Å²) in [6, 6.07) is 5.02. The largest absolute Gasteiger partial charge is 0.489 e. The lowest BCUT2D eigenvalue weighted by atomic mass is 10.1. The fourth-order valence-electron chi connectivity index (χ4n) is 1.30. The number of rotatable bonds is 5. The molecule has 0 aromatic heterocycles. The van der Waals surface area contributed by atoms with Gasteiger partial charge >= 0.3 is 0 Å². The van der Waals surface area contributed by atoms with Crippen LogP contribution >= 0.6 is 11.6 Å². The third-order valence-electron chi connectivity index (χ3n) is 1.99. The lowest BCUT2D eigenvalue weighted by Crippen LogP contribution is -2.10. The number of carbonyl (C=O) groups is 1. The van der Waals surface area contributed by atoms with Gasteiger partial charge in [0.1, 0.15) is 5.75 Å². The van der Waals surface area contributed by atoms with E-state index in [2.05, 4.69) is 0 Å². The summed E-state index contributed by atoms with van der Waals surface area (Å²) in [5, 5.41) is 0.512. The number of ketones is 1. The first-order chi connectivity index (χ1) is 7.54. The maximum Gasteiger partial charge on any atom is 0.164 e. The Balaban J connectivity index is 2.93. The number of ether oxygens (including phenoxy) is 1. The van der Waals surface area contributed by atoms with Gasteiger partial charge < -0.3 is 10.5 Å². The van der Waals surface area contributed by atoms with Gasteiger partial charge in [-0.2, -0.15) is 0 Å². The van der Waals surface area contributed by atoms with E-state index in [-0.39, 0.29) is 11.9 Å². The fourth-order valence-corrected chi connectivity index (χ4v) is 1.46. The molecule has 0 heterocycles. The second-order valence-electron chi connectivity index (χ2n) is 3.77. The van der Waals surface area contributed by atoms with Gasteiger partial charge in [-0.25, -0.2) is 0 Å². The van der Waals surface area contributed by atoms with Gasteiger partial charge in [-0.05, 0) is 38.6 Å². The highest BCUT2D eigenvalue weighted by molar-refractivity contribution is 6.32. The van der Waals surface area contributed by atoms with Gasteiger partial charge in [0.05, 0.1) is 11.1 Å². The van der Waals surface area contributed by atoms with Crippen LogP contribution in [0.4, 0.5) is 0 Å². The summed E-state index contributed by atoms with van der Waals surface area (Å²) in [7, 11) is 0. The van der Waals surface area contributed by atoms with Crippen molar-refractivity contribution in [2.24, 2.45) is 5.73 Å². The number of benzene rings is 1. The van der Waals surface area contributed by atoms with Crippen LogP contribution in [0.5, 0.6) is 5.75 Å². The zero-order chi connectivity index (χ0) is 12.1. The molecule has 0 aliphatic rings. The third-order valence-corrected chi connectivity index (χ3v) is 2.30. The van der Waals surface area contributed by atoms with Crippen LogP contribution in [0.25, 0.3) is 0 Å². The van der Waals surface area contributed by atoms with Gasteiger partial charge in [-0.15, -0.1) is 0 Å². The maximum absolute atomic E-state index is 11.6. The van der Waals surface area contributed by atoms with Crippen molar-refractivity contribution in [2.45, 2.75) is 26.4 Å². The molecule has 88 valence electrons. The normalized spacial score (nSPS) is 10.6. The van der Waals surface area contributed by atoms with Crippen LogP contribution in [0, 0.1) is 0 Å². The van der Waals surface area contributed by atoms with Gasteiger partial charge in [0.25, 0.3) is 0 Å². The topological polar surface area (TPSA) is 52.3 Å². The lowest BCUT2D eigenvalue weighted by molar-refractivity contribution is 0.0984. The van der Waals surface area contributed by atoms with Crippen LogP contribution in [-0.4, -0.2) is 18.4 Å². The molecule has 0 aliphatic carbocycles. The molecule has 16 heavy (non-hydrogen) atoms. The van der Waals surface area contributed by atoms with E-state index in [9.17, 15) is 4.79 Å². The standard InChI is InChI=1S/C12H16ClNO2/c1-8(2)16-12-7-9(3-4-10(12)13)11(15)5-6-14/h3-4,7-8H,5-6,14H2,1-2H3. The Morgan fingerprint density at radius 1 is 1.50 bits per heavy atom. The van der Waals surface area contributed by atoms with Crippen molar-refractivity contribution in [2.75, 3.05) is 6.54 Å². The molecular formula is C12H16ClNO2. The van der Waals surface area contributed by atoms with E-state index in [1.54, 1.807) is 18.2 Å². The minimum Gasteiger partial charge on any atom is -0.489 e. The quantitative estimate of drug-likeness (QED) is 0.807. The molecule has 0 aliphatic heterocycles. The van der Waals surface area contributed by atoms with Gasteiger partial charge in [0.2, 0.25) is 0 Å². The fraction of sp³-hybridized carbons (Fsp3) is 0.417. The Kier molecular flexibility index (Phi) is 4.77. The summed E-state index contributed by atoms with van der Waals surface area (Å²) in [6.45, 7) is 4.16. The highest BCUT2D eigenvalue weighted by Crippen LogP contribution is 2.26. The van der Waals surface area contributed by atoms with Crippen LogP contribution in [0.15, 0.2) is 18.2 Å². The number of nitrogens with two attached hydrogens (primary N) is 1. The first kappa shape index (κ1) is 13.0. The third kappa shape index (κ3) is 3.51. The van der Waals surface area contributed by atoms with E-state index in [1.807, 2.05) is 13.8 Å². The molecule has 0 saturated heterocycles. The molecule has 0 bridgehead atoms. The van der Waals surface area contributed by atoms with E-state index in [0.717, 1.165) is 0 Å². The monoisotopic (exact) mass is 241 g/mol. The Morgan fingerprint density at radius 2 is 2.19 bits per heavy atom. The predicted octanol–water partition coefficient (Wildman–Crippen LogP) is 2.66. The minimum absolute atomic E-state index is 0.00720. The molecule has 1 aromatic carbocycles. The first-order valence-corrected chi connectivity index (χ1v) is 5.62. The Bertz CT molecular complexity index is 377. The van der Waals surface area contributed by atoms with E-state index >= 15 is 0 Å². The number of carbonyl (C=O) groups excluding carboxylic acids is 1. The summed E-state index contributed by atoms with van der Waals surface area (Å²) in [5.74, 6) is 0.548. The van der Waals surface area contributed by atoms with E-state index in [4.69, 9.17) is 22.1 Å². The van der Waals surface area contributed by atoms with Crippen LogP contribution in [0.2, 0.25) is 5.02 Å². The molecule has 0 unspecified atom stereocenters. The zero-order valence-corrected chi connectivity index (χ0v) is 10.3. The molecule has 3 nitrogen and oxygen atoms in total. The summed E-state index contributed by atoms with van der Waals surface area (Å²) >= 11 is 5.96. The molecule has 2 N–H and O–H groups in total. The van der Waals surface area contributed by atoms with Gasteiger partial charge in [-0.3, -0.25) is 4.79 Å². The van der Waals surface area contributed by atoms with Crippen molar-refractivity contribution in [3.63, 3.8) is 0 Å². The second kappa shape index (κ2) is 5.87. The smallest absolute Gasteiger partial charge is 0.164 e. The van der Waals surface area contributed by atoms with Gasteiger partial charge in [0.15, 0.2) is 5.78 Å². The molecular weight excluding hydrogens is 226 g/mol. The molecule has 0 spiro atoms. The van der Waals surface area contributed by atoms with E-state index < -0.39 is 0 Å². The summed E-state index contributed by atoms with van der Waals surface area (Å²) < 4.78 is 5.50. The lowest BCUT2D eigenvalue weighted by Gasteiger charge is -2.12. The summed E-state index contributed by atoms with van der Waals surface area (Å²) in [5.41, 5.74) is 5.93. The van der Waals surface area contributed by atoms with Gasteiger partial charge in [0, 0.05) is 12.0 Å². The summed E-state index contributed by atoms with van der Waals surface area (Å²) in [4.78, 5) is 11.6. The molecule has 0 fully saturated rings. The van der Waals surface area contributed by atoms with Crippen molar-refractivity contribution < 1.29 is 9.53 Å². The van der Waals surface area contributed by atoms with Crippen LogP contribution in [0.1, 0.15) is 30.6 Å². The first-order valence-electron chi connectivity index (χ1n) is 5.24. The summed E-state index contributed by atoms with van der Waals surface area (Å²) in [6.07, 6.45) is 0.361. The number of hydrogen-bond donors (Lipinski definition) is 1. The Morgan fingerprint density at radius 3 is 2.75 bits per heavy atom. The Labute approximate surface area is 101 Å². The van der Waals surface area contributed by atoms with Gasteiger partial charge in [-0.1, -0.05) is 11.6 Å². The average molecular weight is 242 g/mol. The van der Waals surface area contributed by atoms with Crippen molar-refractivity contribution in [3.05, 3.63) is 28.8 Å². The van der Waals surface area contributed by atoms with Crippen molar-refractivity contribution in [1.29, 1.82) is 0 Å². The average Bonchev–Trinajstić information content (AvgIpc) is 2.21. The van der Waals surface area contributed by atoms with Crippen molar-refractivity contribution in [1.82, 2.24) is 0 Å². The highest BCUT2D eigenvalue weighted by Gasteiger charge is 2.10. The van der Waals surface area contributed by atoms with Crippen molar-refractivity contribution in [3.8, 4) is 5.75 Å². The molecule has 4 heteroatoms. The van der Waals surface area contributed by atoms with Crippen molar-refractivity contribution >= 4 is 17.4 Å². The van der Waals surface area contributed by atoms with Crippen LogP contribution < -0.4 is 10.5 Å². The molecule has 1 aromatic rings. The number of hydrogen-bond acceptors (Lipinski definition) is 3. The van der Waals surface area contributed by atoms with Crippen LogP contribution in [-0.2, 0) is 0 Å². The minimum atomic E-state index is 0.00720. The zero-order valence-electron chi connectivity index (χ0n) is 9.50. The number of Topliss-reactive ketones (excluding diaryl/α,β-unsaturated/α-hetero) is 1. The predicted molar refractivity (Wildman–Crippen MR) is 65.2 cm³/mol. The second-order valence-corrected chi connectivity index (χ2v) is 4.18. The van der Waals surface area contributed by atoms with Crippen LogP contribution in [0.3, 0.4) is 0 Å². The molecule has 0 amide bonds. The molecule has 0 radical (unpaired) electrons. The highest BCUT2D eigenvalue weighted by atomic mass is 35.5. The molecule has 0 atom stereocenters.